The highest BCUT2D eigenvalue weighted by atomic mass is 32.2. The molecule has 1 amide bonds. The molecule has 0 fully saturated rings. The normalized spacial score (nSPS) is 10.4. The Balaban J connectivity index is 1.55. The minimum atomic E-state index is -0.561. The fourth-order valence-electron chi connectivity index (χ4n) is 2.48. The molecule has 0 aliphatic heterocycles. The molecule has 2 aromatic carbocycles. The Morgan fingerprint density at radius 3 is 2.59 bits per heavy atom. The number of hydrogen-bond acceptors (Lipinski definition) is 7. The molecule has 1 aromatic heterocycles. The lowest BCUT2D eigenvalue weighted by Gasteiger charge is -2.09. The van der Waals surface area contributed by atoms with Crippen LogP contribution in [0.15, 0.2) is 64.0 Å². The summed E-state index contributed by atoms with van der Waals surface area (Å²) in [5, 5.41) is 6.61. The predicted molar refractivity (Wildman–Crippen MR) is 109 cm³/mol. The maximum atomic E-state index is 12.5. The van der Waals surface area contributed by atoms with Crippen LogP contribution >= 0.6 is 11.8 Å². The first-order chi connectivity index (χ1) is 14.0. The number of methoxy groups -OCH3 is 1. The summed E-state index contributed by atoms with van der Waals surface area (Å²) < 4.78 is 15.3. The molecular weight excluding hydrogens is 392 g/mol. The number of benzene rings is 2. The van der Waals surface area contributed by atoms with E-state index in [2.05, 4.69) is 10.5 Å². The Morgan fingerprint density at radius 1 is 1.14 bits per heavy atom. The fourth-order valence-corrected chi connectivity index (χ4v) is 3.40. The summed E-state index contributed by atoms with van der Waals surface area (Å²) in [6, 6.07) is 15.8. The molecular formula is C21H20N2O5S. The van der Waals surface area contributed by atoms with Gasteiger partial charge in [0.05, 0.1) is 18.4 Å². The van der Waals surface area contributed by atoms with Crippen molar-refractivity contribution in [3.05, 3.63) is 71.6 Å². The summed E-state index contributed by atoms with van der Waals surface area (Å²) >= 11 is 1.45. The predicted octanol–water partition coefficient (Wildman–Crippen LogP) is 4.08. The van der Waals surface area contributed by atoms with Crippen LogP contribution in [-0.4, -0.2) is 30.7 Å². The Kier molecular flexibility index (Phi) is 6.91. The van der Waals surface area contributed by atoms with E-state index >= 15 is 0 Å². The van der Waals surface area contributed by atoms with Gasteiger partial charge in [-0.3, -0.25) is 4.79 Å². The maximum absolute atomic E-state index is 12.5. The summed E-state index contributed by atoms with van der Waals surface area (Å²) in [7, 11) is 1.57. The van der Waals surface area contributed by atoms with Gasteiger partial charge in [0.2, 0.25) is 0 Å². The van der Waals surface area contributed by atoms with Crippen molar-refractivity contribution in [2.75, 3.05) is 19.0 Å². The van der Waals surface area contributed by atoms with Gasteiger partial charge >= 0.3 is 5.97 Å². The van der Waals surface area contributed by atoms with E-state index in [0.717, 1.165) is 16.3 Å². The number of carbonyl (C=O) groups excluding carboxylic acids is 2. The Bertz CT molecular complexity index is 985. The Hall–Kier alpha value is -3.26. The summed E-state index contributed by atoms with van der Waals surface area (Å²) in [5.74, 6) is 0.987. The van der Waals surface area contributed by atoms with E-state index in [1.807, 2.05) is 25.1 Å². The van der Waals surface area contributed by atoms with Crippen LogP contribution < -0.4 is 10.1 Å². The molecule has 0 bridgehead atoms. The number of thioether (sulfide) groups is 1. The van der Waals surface area contributed by atoms with Crippen molar-refractivity contribution in [2.45, 2.75) is 17.6 Å². The van der Waals surface area contributed by atoms with E-state index in [0.29, 0.717) is 22.8 Å². The molecule has 0 saturated carbocycles. The number of ether oxygens (including phenoxy) is 2. The number of aromatic nitrogens is 1. The summed E-state index contributed by atoms with van der Waals surface area (Å²) in [5.41, 5.74) is 1.77. The molecule has 150 valence electrons. The van der Waals surface area contributed by atoms with Crippen molar-refractivity contribution in [3.8, 4) is 5.75 Å². The fraction of sp³-hybridized carbons (Fsp3) is 0.190. The van der Waals surface area contributed by atoms with Crippen LogP contribution in [-0.2, 0) is 15.3 Å². The molecule has 0 aliphatic carbocycles. The van der Waals surface area contributed by atoms with Gasteiger partial charge in [-0.25, -0.2) is 4.79 Å². The number of carbonyl (C=O) groups is 2. The maximum Gasteiger partial charge on any atom is 0.339 e. The highest BCUT2D eigenvalue weighted by molar-refractivity contribution is 7.98. The lowest BCUT2D eigenvalue weighted by molar-refractivity contribution is -0.119. The van der Waals surface area contributed by atoms with E-state index in [9.17, 15) is 9.59 Å². The first-order valence-electron chi connectivity index (χ1n) is 8.80. The number of rotatable bonds is 8. The molecule has 1 heterocycles. The van der Waals surface area contributed by atoms with Gasteiger partial charge in [-0.2, -0.15) is 0 Å². The third-order valence-electron chi connectivity index (χ3n) is 3.87. The number of hydrogen-bond donors (Lipinski definition) is 1. The number of anilines is 1. The lowest BCUT2D eigenvalue weighted by atomic mass is 10.2. The summed E-state index contributed by atoms with van der Waals surface area (Å²) in [4.78, 5) is 25.3. The Labute approximate surface area is 172 Å². The van der Waals surface area contributed by atoms with Crippen LogP contribution in [0.5, 0.6) is 5.75 Å². The van der Waals surface area contributed by atoms with Crippen LogP contribution in [0, 0.1) is 6.92 Å². The third-order valence-corrected chi connectivity index (χ3v) is 4.97. The van der Waals surface area contributed by atoms with Gasteiger partial charge in [0.1, 0.15) is 11.5 Å². The number of nitrogens with zero attached hydrogens (tertiary/aromatic N) is 1. The standard InChI is InChI=1S/C21H20N2O5S/c1-14-11-16(23-28-14)13-29-19-6-4-3-5-18(19)21(25)27-12-20(24)22-15-7-9-17(26-2)10-8-15/h3-11H,12-13H2,1-2H3,(H,22,24). The smallest absolute Gasteiger partial charge is 0.339 e. The highest BCUT2D eigenvalue weighted by Crippen LogP contribution is 2.26. The number of esters is 1. The van der Waals surface area contributed by atoms with Crippen LogP contribution in [0.1, 0.15) is 21.8 Å². The average molecular weight is 412 g/mol. The van der Waals surface area contributed by atoms with Gasteiger partial charge in [-0.1, -0.05) is 17.3 Å². The van der Waals surface area contributed by atoms with E-state index in [1.54, 1.807) is 43.5 Å². The number of nitrogens with one attached hydrogen (secondary N) is 1. The molecule has 0 spiro atoms. The van der Waals surface area contributed by atoms with Gasteiger partial charge in [-0.15, -0.1) is 11.8 Å². The molecule has 3 rings (SSSR count). The second-order valence-electron chi connectivity index (χ2n) is 6.07. The monoisotopic (exact) mass is 412 g/mol. The molecule has 0 radical (unpaired) electrons. The lowest BCUT2D eigenvalue weighted by Crippen LogP contribution is -2.21. The van der Waals surface area contributed by atoms with Crippen LogP contribution in [0.3, 0.4) is 0 Å². The largest absolute Gasteiger partial charge is 0.497 e. The first-order valence-corrected chi connectivity index (χ1v) is 9.79. The molecule has 1 N–H and O–H groups in total. The van der Waals surface area contributed by atoms with Crippen molar-refractivity contribution >= 4 is 29.3 Å². The average Bonchev–Trinajstić information content (AvgIpc) is 3.16. The van der Waals surface area contributed by atoms with E-state index in [4.69, 9.17) is 14.0 Å². The molecule has 0 saturated heterocycles. The zero-order valence-corrected chi connectivity index (χ0v) is 16.8. The molecule has 0 unspecified atom stereocenters. The Morgan fingerprint density at radius 2 is 1.90 bits per heavy atom. The topological polar surface area (TPSA) is 90.7 Å². The van der Waals surface area contributed by atoms with Crippen LogP contribution in [0.25, 0.3) is 0 Å². The quantitative estimate of drug-likeness (QED) is 0.440. The van der Waals surface area contributed by atoms with Crippen molar-refractivity contribution in [3.63, 3.8) is 0 Å². The number of amides is 1. The van der Waals surface area contributed by atoms with Gasteiger partial charge in [0.15, 0.2) is 6.61 Å². The van der Waals surface area contributed by atoms with Gasteiger partial charge in [0, 0.05) is 22.4 Å². The van der Waals surface area contributed by atoms with Gasteiger partial charge in [-0.05, 0) is 43.3 Å². The number of aryl methyl sites for hydroxylation is 1. The minimum Gasteiger partial charge on any atom is -0.497 e. The van der Waals surface area contributed by atoms with Gasteiger partial charge in [0.25, 0.3) is 5.91 Å². The SMILES string of the molecule is COc1ccc(NC(=O)COC(=O)c2ccccc2SCc2cc(C)on2)cc1. The van der Waals surface area contributed by atoms with Crippen molar-refractivity contribution in [1.82, 2.24) is 5.16 Å². The van der Waals surface area contributed by atoms with Gasteiger partial charge < -0.3 is 19.3 Å². The molecule has 8 heteroatoms. The molecule has 0 aliphatic rings. The minimum absolute atomic E-state index is 0.383. The van der Waals surface area contributed by atoms with E-state index in [1.165, 1.54) is 11.8 Å². The van der Waals surface area contributed by atoms with Crippen LogP contribution in [0.2, 0.25) is 0 Å². The molecule has 3 aromatic rings. The highest BCUT2D eigenvalue weighted by Gasteiger charge is 2.15. The zero-order chi connectivity index (χ0) is 20.6. The molecule has 0 atom stereocenters. The first kappa shape index (κ1) is 20.5. The van der Waals surface area contributed by atoms with Crippen molar-refractivity contribution < 1.29 is 23.6 Å². The molecule has 29 heavy (non-hydrogen) atoms. The van der Waals surface area contributed by atoms with Crippen molar-refractivity contribution in [1.29, 1.82) is 0 Å². The zero-order valence-electron chi connectivity index (χ0n) is 16.0. The molecule has 7 nitrogen and oxygen atoms in total. The summed E-state index contributed by atoms with van der Waals surface area (Å²) in [6.07, 6.45) is 0. The van der Waals surface area contributed by atoms with Crippen LogP contribution in [0.4, 0.5) is 5.69 Å². The van der Waals surface area contributed by atoms with Crippen molar-refractivity contribution in [2.24, 2.45) is 0 Å². The van der Waals surface area contributed by atoms with E-state index in [-0.39, 0.29) is 6.61 Å². The second kappa shape index (κ2) is 9.79. The van der Waals surface area contributed by atoms with E-state index < -0.39 is 11.9 Å². The second-order valence-corrected chi connectivity index (χ2v) is 7.08. The third kappa shape index (κ3) is 5.86. The summed E-state index contributed by atoms with van der Waals surface area (Å²) in [6.45, 7) is 1.44.